The van der Waals surface area contributed by atoms with Gasteiger partial charge in [0.05, 0.1) is 12.0 Å². The van der Waals surface area contributed by atoms with Gasteiger partial charge in [0, 0.05) is 38.7 Å². The van der Waals surface area contributed by atoms with Gasteiger partial charge in [-0.2, -0.15) is 0 Å². The summed E-state index contributed by atoms with van der Waals surface area (Å²) in [6.45, 7) is 27.5. The summed E-state index contributed by atoms with van der Waals surface area (Å²) in [7, 11) is -0.537. The van der Waals surface area contributed by atoms with Gasteiger partial charge in [-0.1, -0.05) is 52.8 Å². The maximum atomic E-state index is 13.5. The van der Waals surface area contributed by atoms with Crippen LogP contribution in [0.15, 0.2) is 37.0 Å². The quantitative estimate of drug-likeness (QED) is 0.0447. The zero-order chi connectivity index (χ0) is 35.0. The largest absolute Gasteiger partial charge is 0.457 e. The van der Waals surface area contributed by atoms with E-state index in [1.165, 1.54) is 13.8 Å². The van der Waals surface area contributed by atoms with Crippen molar-refractivity contribution in [3.8, 4) is 0 Å². The molecule has 0 aliphatic heterocycles. The van der Waals surface area contributed by atoms with Crippen molar-refractivity contribution in [2.24, 2.45) is 17.8 Å². The predicted molar refractivity (Wildman–Crippen MR) is 187 cm³/mol. The number of ketones is 3. The van der Waals surface area contributed by atoms with Gasteiger partial charge in [0.15, 0.2) is 8.32 Å². The Labute approximate surface area is 275 Å². The number of esters is 1. The van der Waals surface area contributed by atoms with Crippen LogP contribution in [0.2, 0.25) is 18.1 Å². The summed E-state index contributed by atoms with van der Waals surface area (Å²) in [6.07, 6.45) is 9.00. The summed E-state index contributed by atoms with van der Waals surface area (Å²) >= 11 is 0. The number of rotatable bonds is 24. The molecule has 0 aliphatic carbocycles. The van der Waals surface area contributed by atoms with Crippen LogP contribution in [0.1, 0.15) is 113 Å². The monoisotopic (exact) mass is 648 g/mol. The topological polar surface area (TPSA) is 96.0 Å². The van der Waals surface area contributed by atoms with E-state index >= 15 is 0 Å². The lowest BCUT2D eigenvalue weighted by Crippen LogP contribution is -2.49. The fraction of sp³-hybridized carbons (Fsp3) is 0.730. The van der Waals surface area contributed by atoms with Gasteiger partial charge >= 0.3 is 5.97 Å². The van der Waals surface area contributed by atoms with Crippen LogP contribution in [0.4, 0.5) is 0 Å². The third kappa shape index (κ3) is 16.3. The molecule has 0 aromatic carbocycles. The zero-order valence-corrected chi connectivity index (χ0v) is 31.3. The van der Waals surface area contributed by atoms with Gasteiger partial charge in [-0.15, -0.1) is 13.2 Å². The highest BCUT2D eigenvalue weighted by atomic mass is 28.4. The number of Topliss-reactive ketones (excluding diaryl/α,β-unsaturated/α-hetero) is 3. The van der Waals surface area contributed by atoms with Crippen molar-refractivity contribution in [1.29, 1.82) is 0 Å². The van der Waals surface area contributed by atoms with Gasteiger partial charge in [-0.05, 0) is 82.5 Å². The van der Waals surface area contributed by atoms with Crippen LogP contribution in [0, 0.1) is 17.8 Å². The van der Waals surface area contributed by atoms with Crippen molar-refractivity contribution in [3.63, 3.8) is 0 Å². The molecule has 7 nitrogen and oxygen atoms in total. The average Bonchev–Trinajstić information content (AvgIpc) is 2.92. The first kappa shape index (κ1) is 42.8. The number of allylic oxidation sites excluding steroid dienone is 1. The van der Waals surface area contributed by atoms with Crippen molar-refractivity contribution in [2.45, 2.75) is 150 Å². The Hall–Kier alpha value is -2.16. The second-order valence-corrected chi connectivity index (χ2v) is 19.1. The van der Waals surface area contributed by atoms with Crippen molar-refractivity contribution >= 4 is 31.6 Å². The summed E-state index contributed by atoms with van der Waals surface area (Å²) in [4.78, 5) is 49.9. The minimum Gasteiger partial charge on any atom is -0.457 e. The number of hydrogen-bond acceptors (Lipinski definition) is 7. The van der Waals surface area contributed by atoms with E-state index < -0.39 is 20.3 Å². The molecule has 0 rings (SSSR count). The summed E-state index contributed by atoms with van der Waals surface area (Å²) in [5.41, 5.74) is 0.788. The van der Waals surface area contributed by atoms with E-state index in [-0.39, 0.29) is 65.2 Å². The first-order chi connectivity index (χ1) is 20.8. The van der Waals surface area contributed by atoms with Gasteiger partial charge in [-0.3, -0.25) is 9.59 Å². The molecule has 0 saturated heterocycles. The van der Waals surface area contributed by atoms with Crippen LogP contribution in [-0.2, 0) is 33.1 Å². The minimum atomic E-state index is -2.18. The second kappa shape index (κ2) is 20.9. The summed E-state index contributed by atoms with van der Waals surface area (Å²) in [6, 6.07) is 0. The first-order valence-corrected chi connectivity index (χ1v) is 19.5. The maximum absolute atomic E-state index is 13.5. The molecule has 0 saturated carbocycles. The number of unbranched alkanes of at least 4 members (excludes halogenated alkanes) is 2. The Kier molecular flexibility index (Phi) is 19.9. The number of methoxy groups -OCH3 is 1. The molecule has 0 aromatic rings. The molecule has 8 heteroatoms. The van der Waals surface area contributed by atoms with Crippen molar-refractivity contribution < 1.29 is 33.1 Å². The Morgan fingerprint density at radius 2 is 1.47 bits per heavy atom. The van der Waals surface area contributed by atoms with Gasteiger partial charge in [0.1, 0.15) is 29.6 Å². The number of carbonyl (C=O) groups excluding carboxylic acids is 4. The Bertz CT molecular complexity index is 991. The smallest absolute Gasteiger partial charge is 0.306 e. The Morgan fingerprint density at radius 1 is 0.889 bits per heavy atom. The van der Waals surface area contributed by atoms with E-state index in [4.69, 9.17) is 13.9 Å². The van der Waals surface area contributed by atoms with Gasteiger partial charge < -0.3 is 23.5 Å². The average molecular weight is 649 g/mol. The van der Waals surface area contributed by atoms with Crippen LogP contribution in [0.3, 0.4) is 0 Å². The van der Waals surface area contributed by atoms with Crippen molar-refractivity contribution in [3.05, 3.63) is 37.0 Å². The Morgan fingerprint density at radius 3 is 1.93 bits per heavy atom. The van der Waals surface area contributed by atoms with Gasteiger partial charge in [-0.25, -0.2) is 0 Å². The molecule has 0 radical (unpaired) electrons. The summed E-state index contributed by atoms with van der Waals surface area (Å²) < 4.78 is 18.7. The molecular weight excluding hydrogens is 584 g/mol. The van der Waals surface area contributed by atoms with Crippen LogP contribution >= 0.6 is 0 Å². The van der Waals surface area contributed by atoms with E-state index in [0.29, 0.717) is 32.1 Å². The van der Waals surface area contributed by atoms with E-state index in [0.717, 1.165) is 18.4 Å². The summed E-state index contributed by atoms with van der Waals surface area (Å²) in [5.74, 6) is -1.02. The SMILES string of the molecule is C=CCCCCC(=O)O[C@@H](/C(C)=C\[C@@H](C)[C@H](O[Si](C)(C)C(C)(C)C)[C@H](C=C)OC)[C@H](C)C(=O)CCCC(CC(C)=O)CC(C)=O. The molecule has 0 unspecified atom stereocenters. The number of hydrogen-bond donors (Lipinski definition) is 0. The lowest BCUT2D eigenvalue weighted by Gasteiger charge is -2.42. The highest BCUT2D eigenvalue weighted by molar-refractivity contribution is 6.74. The predicted octanol–water partition coefficient (Wildman–Crippen LogP) is 8.77. The van der Waals surface area contributed by atoms with Crippen molar-refractivity contribution in [1.82, 2.24) is 0 Å². The van der Waals surface area contributed by atoms with E-state index in [9.17, 15) is 19.2 Å². The molecule has 0 amide bonds. The van der Waals surface area contributed by atoms with Gasteiger partial charge in [0.2, 0.25) is 0 Å². The lowest BCUT2D eigenvalue weighted by molar-refractivity contribution is -0.151. The number of ether oxygens (including phenoxy) is 2. The number of carbonyl (C=O) groups is 4. The molecule has 45 heavy (non-hydrogen) atoms. The standard InChI is InChI=1S/C37H64O7Si/c1-14-16-17-18-22-34(41)43-35(30(7)32(40)21-19-20-31(24-28(5)38)25-29(6)39)26(3)23-27(4)36(33(15-2)42-11)44-45(12,13)37(8,9)10/h14-15,23,27,30-31,33,35-36H,1-2,16-22,24-25H2,3-13H3/b26-23-/t27-,30-,33+,35+,36+/m1/s1. The first-order valence-electron chi connectivity index (χ1n) is 16.6. The van der Waals surface area contributed by atoms with Gasteiger partial charge in [0.25, 0.3) is 0 Å². The van der Waals surface area contributed by atoms with Crippen molar-refractivity contribution in [2.75, 3.05) is 7.11 Å². The molecule has 0 spiro atoms. The third-order valence-electron chi connectivity index (χ3n) is 9.01. The molecule has 0 heterocycles. The van der Waals surface area contributed by atoms with Crippen LogP contribution in [0.25, 0.3) is 0 Å². The molecule has 0 aliphatic rings. The second-order valence-electron chi connectivity index (χ2n) is 14.3. The molecule has 5 atom stereocenters. The molecule has 258 valence electrons. The molecule has 0 aromatic heterocycles. The van der Waals surface area contributed by atoms with Crippen LogP contribution in [-0.4, -0.2) is 57.1 Å². The fourth-order valence-electron chi connectivity index (χ4n) is 5.36. The van der Waals surface area contributed by atoms with E-state index in [1.54, 1.807) is 13.2 Å². The van der Waals surface area contributed by atoms with Crippen LogP contribution < -0.4 is 0 Å². The molecule has 0 fully saturated rings. The molecule has 0 bridgehead atoms. The minimum absolute atomic E-state index is 0.0123. The highest BCUT2D eigenvalue weighted by Gasteiger charge is 2.42. The normalized spacial score (nSPS) is 16.0. The molecule has 0 N–H and O–H groups in total. The summed E-state index contributed by atoms with van der Waals surface area (Å²) in [5, 5.41) is -0.0123. The highest BCUT2D eigenvalue weighted by Crippen LogP contribution is 2.39. The van der Waals surface area contributed by atoms with E-state index in [2.05, 4.69) is 53.9 Å². The maximum Gasteiger partial charge on any atom is 0.306 e. The van der Waals surface area contributed by atoms with E-state index in [1.807, 2.05) is 26.0 Å². The Balaban J connectivity index is 6.16. The molecular formula is C37H64O7Si. The van der Waals surface area contributed by atoms with Crippen LogP contribution in [0.5, 0.6) is 0 Å². The lowest BCUT2D eigenvalue weighted by atomic mass is 9.86. The third-order valence-corrected chi connectivity index (χ3v) is 13.5. The zero-order valence-electron chi connectivity index (χ0n) is 30.3. The fourth-order valence-corrected chi connectivity index (χ4v) is 6.74.